The number of carbonyl (C=O) groups excluding carboxylic acids is 1. The molecule has 1 aromatic heterocycles. The third-order valence-corrected chi connectivity index (χ3v) is 5.70. The minimum Gasteiger partial charge on any atom is -0.348 e. The van der Waals surface area contributed by atoms with Crippen LogP contribution < -0.4 is 5.32 Å². The fourth-order valence-electron chi connectivity index (χ4n) is 4.33. The van der Waals surface area contributed by atoms with Gasteiger partial charge in [-0.1, -0.05) is 18.2 Å². The number of nitrogens with zero attached hydrogens (tertiary/aromatic N) is 3. The second kappa shape index (κ2) is 5.64. The van der Waals surface area contributed by atoms with Gasteiger partial charge < -0.3 is 10.2 Å². The summed E-state index contributed by atoms with van der Waals surface area (Å²) in [6.07, 6.45) is 5.89. The minimum atomic E-state index is -0.0350. The van der Waals surface area contributed by atoms with Crippen molar-refractivity contribution in [1.82, 2.24) is 20.0 Å². The number of nitrogens with one attached hydrogen (secondary N) is 1. The molecule has 2 saturated heterocycles. The number of benzene rings is 1. The smallest absolute Gasteiger partial charge is 0.272 e. The first-order valence-electron chi connectivity index (χ1n) is 8.58. The van der Waals surface area contributed by atoms with Crippen LogP contribution in [0.1, 0.15) is 42.6 Å². The highest BCUT2D eigenvalue weighted by atomic mass is 16.2. The zero-order chi connectivity index (χ0) is 16.0. The predicted molar refractivity (Wildman–Crippen MR) is 90.4 cm³/mol. The lowest BCUT2D eigenvalue weighted by molar-refractivity contribution is 0.0926. The Labute approximate surface area is 136 Å². The van der Waals surface area contributed by atoms with Gasteiger partial charge in [0.25, 0.3) is 5.91 Å². The first kappa shape index (κ1) is 14.7. The van der Waals surface area contributed by atoms with E-state index in [4.69, 9.17) is 0 Å². The van der Waals surface area contributed by atoms with Crippen molar-refractivity contribution in [2.45, 2.75) is 50.2 Å². The Morgan fingerprint density at radius 3 is 2.74 bits per heavy atom. The summed E-state index contributed by atoms with van der Waals surface area (Å²) in [4.78, 5) is 15.3. The number of para-hydroxylation sites is 1. The molecule has 2 aliphatic rings. The van der Waals surface area contributed by atoms with Gasteiger partial charge in [-0.15, -0.1) is 0 Å². The third kappa shape index (κ3) is 2.53. The standard InChI is InChI=1S/C18H24N4O/c1-21-13-8-7-12(11-14(21)10-9-13)19-18(23)17-15-5-3-4-6-16(15)22(2)20-17/h3-6,12-14H,7-11H2,1-2H3,(H,19,23)/t12-,13+,14+/m0/s1. The van der Waals surface area contributed by atoms with Gasteiger partial charge in [-0.2, -0.15) is 5.10 Å². The first-order valence-corrected chi connectivity index (χ1v) is 8.58. The Balaban J connectivity index is 1.53. The van der Waals surface area contributed by atoms with E-state index in [1.54, 1.807) is 4.68 Å². The molecular formula is C18H24N4O. The molecule has 2 fully saturated rings. The molecule has 0 spiro atoms. The maximum absolute atomic E-state index is 12.7. The lowest BCUT2D eigenvalue weighted by atomic mass is 9.96. The number of aryl methyl sites for hydroxylation is 1. The summed E-state index contributed by atoms with van der Waals surface area (Å²) >= 11 is 0. The molecule has 2 aliphatic heterocycles. The number of aromatic nitrogens is 2. The monoisotopic (exact) mass is 312 g/mol. The second-order valence-corrected chi connectivity index (χ2v) is 7.02. The highest BCUT2D eigenvalue weighted by Crippen LogP contribution is 2.33. The zero-order valence-corrected chi connectivity index (χ0v) is 13.8. The van der Waals surface area contributed by atoms with Crippen LogP contribution in [-0.2, 0) is 7.05 Å². The number of rotatable bonds is 2. The Hall–Kier alpha value is -1.88. The number of fused-ring (bicyclic) bond motifs is 3. The van der Waals surface area contributed by atoms with E-state index in [0.717, 1.165) is 23.7 Å². The van der Waals surface area contributed by atoms with Crippen LogP contribution in [0, 0.1) is 0 Å². The fourth-order valence-corrected chi connectivity index (χ4v) is 4.33. The molecule has 23 heavy (non-hydrogen) atoms. The lowest BCUT2D eigenvalue weighted by Crippen LogP contribution is -2.38. The van der Waals surface area contributed by atoms with E-state index in [2.05, 4.69) is 22.4 Å². The largest absolute Gasteiger partial charge is 0.348 e. The van der Waals surface area contributed by atoms with Crippen LogP contribution in [-0.4, -0.2) is 45.8 Å². The Morgan fingerprint density at radius 2 is 1.87 bits per heavy atom. The third-order valence-electron chi connectivity index (χ3n) is 5.70. The molecule has 3 heterocycles. The molecule has 2 aromatic rings. The van der Waals surface area contributed by atoms with Crippen LogP contribution in [0.25, 0.3) is 10.9 Å². The molecular weight excluding hydrogens is 288 g/mol. The molecule has 3 atom stereocenters. The van der Waals surface area contributed by atoms with Gasteiger partial charge in [0.15, 0.2) is 5.69 Å². The fraction of sp³-hybridized carbons (Fsp3) is 0.556. The molecule has 0 saturated carbocycles. The van der Waals surface area contributed by atoms with Gasteiger partial charge in [0.1, 0.15) is 0 Å². The summed E-state index contributed by atoms with van der Waals surface area (Å²) < 4.78 is 1.78. The quantitative estimate of drug-likeness (QED) is 0.926. The van der Waals surface area contributed by atoms with Gasteiger partial charge in [0.05, 0.1) is 5.52 Å². The molecule has 0 aliphatic carbocycles. The maximum Gasteiger partial charge on any atom is 0.272 e. The normalized spacial score (nSPS) is 28.0. The number of hydrogen-bond acceptors (Lipinski definition) is 3. The molecule has 122 valence electrons. The number of hydrogen-bond donors (Lipinski definition) is 1. The lowest BCUT2D eigenvalue weighted by Gasteiger charge is -2.23. The van der Waals surface area contributed by atoms with Gasteiger partial charge in [-0.25, -0.2) is 0 Å². The van der Waals surface area contributed by atoms with E-state index < -0.39 is 0 Å². The highest BCUT2D eigenvalue weighted by Gasteiger charge is 2.36. The predicted octanol–water partition coefficient (Wildman–Crippen LogP) is 2.32. The van der Waals surface area contributed by atoms with E-state index in [-0.39, 0.29) is 11.9 Å². The zero-order valence-electron chi connectivity index (χ0n) is 13.8. The van der Waals surface area contributed by atoms with Gasteiger partial charge in [0.2, 0.25) is 0 Å². The van der Waals surface area contributed by atoms with Crippen LogP contribution in [0.5, 0.6) is 0 Å². The molecule has 5 heteroatoms. The highest BCUT2D eigenvalue weighted by molar-refractivity contribution is 6.04. The minimum absolute atomic E-state index is 0.0350. The van der Waals surface area contributed by atoms with Crippen molar-refractivity contribution in [3.8, 4) is 0 Å². The summed E-state index contributed by atoms with van der Waals surface area (Å²) in [5.41, 5.74) is 1.54. The second-order valence-electron chi connectivity index (χ2n) is 7.02. The number of carbonyl (C=O) groups is 1. The van der Waals surface area contributed by atoms with E-state index in [1.165, 1.54) is 19.3 Å². The summed E-state index contributed by atoms with van der Waals surface area (Å²) in [6.45, 7) is 0. The summed E-state index contributed by atoms with van der Waals surface area (Å²) in [5.74, 6) is -0.0350. The Bertz CT molecular complexity index is 738. The van der Waals surface area contributed by atoms with Gasteiger partial charge >= 0.3 is 0 Å². The molecule has 4 rings (SSSR count). The Morgan fingerprint density at radius 1 is 1.13 bits per heavy atom. The summed E-state index contributed by atoms with van der Waals surface area (Å²) in [6, 6.07) is 9.50. The first-order chi connectivity index (χ1) is 11.1. The van der Waals surface area contributed by atoms with Crippen molar-refractivity contribution >= 4 is 16.8 Å². The van der Waals surface area contributed by atoms with Crippen molar-refractivity contribution in [1.29, 1.82) is 0 Å². The summed E-state index contributed by atoms with van der Waals surface area (Å²) in [7, 11) is 4.12. The SMILES string of the molecule is CN1[C@@H]2CC[C@H](NC(=O)c3nn(C)c4ccccc34)C[C@H]1CC2. The topological polar surface area (TPSA) is 50.2 Å². The van der Waals surface area contributed by atoms with Crippen molar-refractivity contribution in [2.75, 3.05) is 7.05 Å². The van der Waals surface area contributed by atoms with E-state index in [9.17, 15) is 4.79 Å². The molecule has 5 nitrogen and oxygen atoms in total. The van der Waals surface area contributed by atoms with Crippen LogP contribution in [0.2, 0.25) is 0 Å². The van der Waals surface area contributed by atoms with E-state index in [1.807, 2.05) is 31.3 Å². The van der Waals surface area contributed by atoms with Crippen molar-refractivity contribution < 1.29 is 4.79 Å². The van der Waals surface area contributed by atoms with Crippen LogP contribution >= 0.6 is 0 Å². The molecule has 1 aromatic carbocycles. The maximum atomic E-state index is 12.7. The molecule has 0 radical (unpaired) electrons. The van der Waals surface area contributed by atoms with E-state index in [0.29, 0.717) is 17.8 Å². The molecule has 2 bridgehead atoms. The van der Waals surface area contributed by atoms with Crippen molar-refractivity contribution in [3.05, 3.63) is 30.0 Å². The molecule has 0 unspecified atom stereocenters. The van der Waals surface area contributed by atoms with Gasteiger partial charge in [0, 0.05) is 30.6 Å². The van der Waals surface area contributed by atoms with Crippen LogP contribution in [0.15, 0.2) is 24.3 Å². The Kier molecular flexibility index (Phi) is 3.60. The van der Waals surface area contributed by atoms with Crippen LogP contribution in [0.4, 0.5) is 0 Å². The number of amides is 1. The van der Waals surface area contributed by atoms with Crippen molar-refractivity contribution in [2.24, 2.45) is 7.05 Å². The van der Waals surface area contributed by atoms with Gasteiger partial charge in [-0.05, 0) is 45.2 Å². The molecule has 1 amide bonds. The van der Waals surface area contributed by atoms with Gasteiger partial charge in [-0.3, -0.25) is 9.48 Å². The van der Waals surface area contributed by atoms with Crippen LogP contribution in [0.3, 0.4) is 0 Å². The van der Waals surface area contributed by atoms with E-state index >= 15 is 0 Å². The van der Waals surface area contributed by atoms with Crippen molar-refractivity contribution in [3.63, 3.8) is 0 Å². The molecule has 1 N–H and O–H groups in total. The average molecular weight is 312 g/mol. The average Bonchev–Trinajstić information content (AvgIpc) is 3.00. The summed E-state index contributed by atoms with van der Waals surface area (Å²) in [5, 5.41) is 8.61.